The minimum Gasteiger partial charge on any atom is -0.496 e. The van der Waals surface area contributed by atoms with Crippen LogP contribution in [0.15, 0.2) is 42.5 Å². The van der Waals surface area contributed by atoms with Crippen LogP contribution in [0.4, 0.5) is 4.39 Å². The van der Waals surface area contributed by atoms with Gasteiger partial charge < -0.3 is 9.84 Å². The molecule has 0 aliphatic carbocycles. The fourth-order valence-electron chi connectivity index (χ4n) is 2.48. The SMILES string of the molecule is COc1ccc(CCO)cc1CCCc1ccccc1F. The van der Waals surface area contributed by atoms with Crippen molar-refractivity contribution < 1.29 is 14.2 Å². The molecule has 0 radical (unpaired) electrons. The first-order valence-electron chi connectivity index (χ1n) is 7.24. The summed E-state index contributed by atoms with van der Waals surface area (Å²) in [4.78, 5) is 0. The zero-order valence-corrected chi connectivity index (χ0v) is 12.3. The highest BCUT2D eigenvalue weighted by Crippen LogP contribution is 2.22. The van der Waals surface area contributed by atoms with E-state index in [2.05, 4.69) is 6.07 Å². The number of hydrogen-bond donors (Lipinski definition) is 1. The Balaban J connectivity index is 2.01. The average Bonchev–Trinajstić information content (AvgIpc) is 2.50. The molecule has 0 aromatic heterocycles. The van der Waals surface area contributed by atoms with Gasteiger partial charge in [0.15, 0.2) is 0 Å². The summed E-state index contributed by atoms with van der Waals surface area (Å²) in [6.07, 6.45) is 3.04. The lowest BCUT2D eigenvalue weighted by molar-refractivity contribution is 0.299. The molecule has 0 heterocycles. The number of hydrogen-bond acceptors (Lipinski definition) is 2. The maximum absolute atomic E-state index is 13.6. The molecule has 2 aromatic carbocycles. The normalized spacial score (nSPS) is 10.6. The lowest BCUT2D eigenvalue weighted by Crippen LogP contribution is -1.98. The van der Waals surface area contributed by atoms with Gasteiger partial charge in [0, 0.05) is 6.61 Å². The van der Waals surface area contributed by atoms with Gasteiger partial charge in [0.1, 0.15) is 11.6 Å². The Morgan fingerprint density at radius 2 is 1.76 bits per heavy atom. The third-order valence-corrected chi connectivity index (χ3v) is 3.60. The van der Waals surface area contributed by atoms with Crippen molar-refractivity contribution in [3.05, 3.63) is 65.0 Å². The van der Waals surface area contributed by atoms with E-state index in [4.69, 9.17) is 9.84 Å². The van der Waals surface area contributed by atoms with Crippen LogP contribution in [-0.4, -0.2) is 18.8 Å². The van der Waals surface area contributed by atoms with Crippen molar-refractivity contribution in [2.45, 2.75) is 25.7 Å². The lowest BCUT2D eigenvalue weighted by Gasteiger charge is -2.11. The van der Waals surface area contributed by atoms with Crippen LogP contribution in [0.1, 0.15) is 23.1 Å². The molecule has 112 valence electrons. The molecule has 0 saturated carbocycles. The molecule has 0 aliphatic heterocycles. The Hall–Kier alpha value is -1.87. The second kappa shape index (κ2) is 7.79. The van der Waals surface area contributed by atoms with E-state index in [1.165, 1.54) is 6.07 Å². The molecular weight excluding hydrogens is 267 g/mol. The second-order valence-corrected chi connectivity index (χ2v) is 5.06. The monoisotopic (exact) mass is 288 g/mol. The molecule has 21 heavy (non-hydrogen) atoms. The van der Waals surface area contributed by atoms with Crippen molar-refractivity contribution in [1.82, 2.24) is 0 Å². The summed E-state index contributed by atoms with van der Waals surface area (Å²) in [5.41, 5.74) is 2.96. The van der Waals surface area contributed by atoms with Crippen molar-refractivity contribution in [1.29, 1.82) is 0 Å². The van der Waals surface area contributed by atoms with E-state index >= 15 is 0 Å². The number of aliphatic hydroxyl groups is 1. The van der Waals surface area contributed by atoms with Crippen LogP contribution in [-0.2, 0) is 19.3 Å². The first-order valence-corrected chi connectivity index (χ1v) is 7.24. The molecule has 2 nitrogen and oxygen atoms in total. The van der Waals surface area contributed by atoms with Crippen LogP contribution < -0.4 is 4.74 Å². The van der Waals surface area contributed by atoms with Gasteiger partial charge in [-0.3, -0.25) is 0 Å². The van der Waals surface area contributed by atoms with E-state index in [1.807, 2.05) is 24.3 Å². The summed E-state index contributed by atoms with van der Waals surface area (Å²) in [5.74, 6) is 0.712. The quantitative estimate of drug-likeness (QED) is 0.844. The number of methoxy groups -OCH3 is 1. The number of benzene rings is 2. The minimum absolute atomic E-state index is 0.140. The lowest BCUT2D eigenvalue weighted by atomic mass is 10.0. The number of ether oxygens (including phenoxy) is 1. The number of halogens is 1. The van der Waals surface area contributed by atoms with Gasteiger partial charge in [-0.25, -0.2) is 4.39 Å². The van der Waals surface area contributed by atoms with Gasteiger partial charge in [-0.15, -0.1) is 0 Å². The summed E-state index contributed by atoms with van der Waals surface area (Å²) in [5, 5.41) is 9.02. The first kappa shape index (κ1) is 15.5. The number of rotatable bonds is 7. The third-order valence-electron chi connectivity index (χ3n) is 3.60. The molecule has 2 aromatic rings. The highest BCUT2D eigenvalue weighted by molar-refractivity contribution is 5.37. The van der Waals surface area contributed by atoms with Crippen molar-refractivity contribution in [3.8, 4) is 5.75 Å². The summed E-state index contributed by atoms with van der Waals surface area (Å²) in [6.45, 7) is 0.140. The largest absolute Gasteiger partial charge is 0.496 e. The van der Waals surface area contributed by atoms with Gasteiger partial charge in [-0.05, 0) is 54.5 Å². The molecule has 0 atom stereocenters. The maximum Gasteiger partial charge on any atom is 0.126 e. The van der Waals surface area contributed by atoms with Gasteiger partial charge in [0.2, 0.25) is 0 Å². The number of aryl methyl sites for hydroxylation is 2. The summed E-state index contributed by atoms with van der Waals surface area (Å²) in [7, 11) is 1.65. The van der Waals surface area contributed by atoms with E-state index in [0.717, 1.165) is 35.3 Å². The fourth-order valence-corrected chi connectivity index (χ4v) is 2.48. The Labute approximate surface area is 125 Å². The zero-order chi connectivity index (χ0) is 15.1. The minimum atomic E-state index is -0.140. The van der Waals surface area contributed by atoms with Crippen molar-refractivity contribution >= 4 is 0 Å². The topological polar surface area (TPSA) is 29.5 Å². The van der Waals surface area contributed by atoms with E-state index in [1.54, 1.807) is 13.2 Å². The Kier molecular flexibility index (Phi) is 5.76. The van der Waals surface area contributed by atoms with Crippen molar-refractivity contribution in [2.24, 2.45) is 0 Å². The van der Waals surface area contributed by atoms with Gasteiger partial charge in [0.25, 0.3) is 0 Å². The van der Waals surface area contributed by atoms with Gasteiger partial charge in [-0.1, -0.05) is 30.3 Å². The van der Waals surface area contributed by atoms with Gasteiger partial charge in [0.05, 0.1) is 7.11 Å². The molecule has 0 saturated heterocycles. The van der Waals surface area contributed by atoms with Crippen LogP contribution in [0.5, 0.6) is 5.75 Å². The Morgan fingerprint density at radius 1 is 1.00 bits per heavy atom. The molecule has 0 spiro atoms. The van der Waals surface area contributed by atoms with Crippen LogP contribution >= 0.6 is 0 Å². The standard InChI is InChI=1S/C18H21FO2/c1-21-18-10-9-14(11-12-20)13-16(18)7-4-6-15-5-2-3-8-17(15)19/h2-3,5,8-10,13,20H,4,6-7,11-12H2,1H3. The predicted octanol–water partition coefficient (Wildman–Crippen LogP) is 3.54. The summed E-state index contributed by atoms with van der Waals surface area (Å²) >= 11 is 0. The zero-order valence-electron chi connectivity index (χ0n) is 12.3. The molecule has 0 fully saturated rings. The Bertz CT molecular complexity index is 581. The van der Waals surface area contributed by atoms with Gasteiger partial charge >= 0.3 is 0 Å². The average molecular weight is 288 g/mol. The molecule has 0 amide bonds. The van der Waals surface area contributed by atoms with E-state index in [9.17, 15) is 4.39 Å². The summed E-state index contributed by atoms with van der Waals surface area (Å²) < 4.78 is 18.9. The predicted molar refractivity (Wildman–Crippen MR) is 82.2 cm³/mol. The molecule has 2 rings (SSSR count). The highest BCUT2D eigenvalue weighted by atomic mass is 19.1. The Morgan fingerprint density at radius 3 is 2.48 bits per heavy atom. The van der Waals surface area contributed by atoms with Crippen molar-refractivity contribution in [2.75, 3.05) is 13.7 Å². The molecule has 0 bridgehead atoms. The van der Waals surface area contributed by atoms with E-state index < -0.39 is 0 Å². The molecule has 0 unspecified atom stereocenters. The summed E-state index contributed by atoms with van der Waals surface area (Å²) in [6, 6.07) is 12.9. The highest BCUT2D eigenvalue weighted by Gasteiger charge is 2.06. The molecule has 0 aliphatic rings. The van der Waals surface area contributed by atoms with Crippen LogP contribution in [0.3, 0.4) is 0 Å². The maximum atomic E-state index is 13.6. The van der Waals surface area contributed by atoms with Crippen LogP contribution in [0, 0.1) is 5.82 Å². The second-order valence-electron chi connectivity index (χ2n) is 5.06. The van der Waals surface area contributed by atoms with E-state index in [0.29, 0.717) is 12.8 Å². The fraction of sp³-hybridized carbons (Fsp3) is 0.333. The molecular formula is C18H21FO2. The van der Waals surface area contributed by atoms with Gasteiger partial charge in [-0.2, -0.15) is 0 Å². The third kappa shape index (κ3) is 4.30. The molecule has 3 heteroatoms. The molecule has 1 N–H and O–H groups in total. The smallest absolute Gasteiger partial charge is 0.126 e. The number of aliphatic hydroxyl groups excluding tert-OH is 1. The van der Waals surface area contributed by atoms with E-state index in [-0.39, 0.29) is 12.4 Å². The van der Waals surface area contributed by atoms with Crippen molar-refractivity contribution in [3.63, 3.8) is 0 Å². The van der Waals surface area contributed by atoms with Crippen LogP contribution in [0.25, 0.3) is 0 Å². The first-order chi connectivity index (χ1) is 10.2. The van der Waals surface area contributed by atoms with Crippen LogP contribution in [0.2, 0.25) is 0 Å².